The molecule has 6 rings (SSSR count). The van der Waals surface area contributed by atoms with Gasteiger partial charge in [-0.15, -0.1) is 11.3 Å². The molecular weight excluding hydrogens is 384 g/mol. The zero-order chi connectivity index (χ0) is 19.4. The Hall–Kier alpha value is -3.36. The van der Waals surface area contributed by atoms with Crippen LogP contribution >= 0.6 is 11.3 Å². The van der Waals surface area contributed by atoms with E-state index in [0.29, 0.717) is 12.2 Å². The van der Waals surface area contributed by atoms with Gasteiger partial charge in [0, 0.05) is 60.5 Å². The van der Waals surface area contributed by atoms with Gasteiger partial charge in [-0.2, -0.15) is 0 Å². The van der Waals surface area contributed by atoms with Crippen LogP contribution in [0.3, 0.4) is 0 Å². The third kappa shape index (κ3) is 2.46. The van der Waals surface area contributed by atoms with Crippen LogP contribution in [-0.2, 0) is 12.1 Å². The van der Waals surface area contributed by atoms with E-state index in [1.165, 1.54) is 0 Å². The Kier molecular flexibility index (Phi) is 3.47. The Bertz CT molecular complexity index is 1350. The van der Waals surface area contributed by atoms with E-state index in [1.807, 2.05) is 46.6 Å². The van der Waals surface area contributed by atoms with Crippen molar-refractivity contribution in [2.75, 3.05) is 0 Å². The Labute approximate surface area is 169 Å². The van der Waals surface area contributed by atoms with Crippen LogP contribution in [0.1, 0.15) is 17.8 Å². The molecule has 1 aliphatic heterocycles. The second-order valence-electron chi connectivity index (χ2n) is 7.13. The van der Waals surface area contributed by atoms with Crippen molar-refractivity contribution in [3.05, 3.63) is 72.0 Å². The summed E-state index contributed by atoms with van der Waals surface area (Å²) in [6.45, 7) is 0.763. The molecule has 4 aromatic heterocycles. The van der Waals surface area contributed by atoms with Crippen molar-refractivity contribution in [2.45, 2.75) is 18.6 Å². The first kappa shape index (κ1) is 16.6. The van der Waals surface area contributed by atoms with Crippen LogP contribution in [0.15, 0.2) is 60.6 Å². The maximum atomic E-state index is 11.3. The van der Waals surface area contributed by atoms with Gasteiger partial charge in [0.15, 0.2) is 5.65 Å². The van der Waals surface area contributed by atoms with Gasteiger partial charge in [0.2, 0.25) is 0 Å². The van der Waals surface area contributed by atoms with Gasteiger partial charge in [0.1, 0.15) is 21.9 Å². The van der Waals surface area contributed by atoms with E-state index in [0.717, 1.165) is 45.1 Å². The molecule has 5 heterocycles. The maximum absolute atomic E-state index is 11.3. The molecule has 8 heteroatoms. The average molecular weight is 400 g/mol. The van der Waals surface area contributed by atoms with E-state index in [4.69, 9.17) is 4.98 Å². The third-order valence-corrected chi connectivity index (χ3v) is 6.37. The van der Waals surface area contributed by atoms with Gasteiger partial charge >= 0.3 is 0 Å². The van der Waals surface area contributed by atoms with Crippen LogP contribution in [0.25, 0.3) is 33.0 Å². The Balaban J connectivity index is 1.40. The lowest BCUT2D eigenvalue weighted by Gasteiger charge is -2.22. The van der Waals surface area contributed by atoms with Crippen LogP contribution < -0.4 is 0 Å². The molecule has 0 saturated carbocycles. The van der Waals surface area contributed by atoms with Crippen molar-refractivity contribution < 1.29 is 5.11 Å². The number of thiazole rings is 1. The molecule has 0 spiro atoms. The van der Waals surface area contributed by atoms with Crippen LogP contribution in [-0.4, -0.2) is 34.6 Å². The summed E-state index contributed by atoms with van der Waals surface area (Å²) < 4.78 is 2.01. The minimum absolute atomic E-state index is 0.622. The first-order valence-corrected chi connectivity index (χ1v) is 10.2. The number of aliphatic hydroxyl groups is 1. The number of fused-ring (bicyclic) bond motifs is 2. The summed E-state index contributed by atoms with van der Waals surface area (Å²) in [5.74, 6) is 0.701. The summed E-state index contributed by atoms with van der Waals surface area (Å²) in [6.07, 6.45) is 9.51. The number of nitrogens with one attached hydrogen (secondary N) is 1. The number of benzene rings is 1. The molecule has 5 aromatic rings. The minimum Gasteiger partial charge on any atom is -0.377 e. The van der Waals surface area contributed by atoms with Gasteiger partial charge in [-0.25, -0.2) is 15.0 Å². The summed E-state index contributed by atoms with van der Waals surface area (Å²) >= 11 is 1.57. The minimum atomic E-state index is -1.06. The predicted molar refractivity (Wildman–Crippen MR) is 110 cm³/mol. The fourth-order valence-electron chi connectivity index (χ4n) is 4.01. The number of imidazole rings is 1. The Morgan fingerprint density at radius 3 is 3.03 bits per heavy atom. The molecule has 0 unspecified atom stereocenters. The van der Waals surface area contributed by atoms with Gasteiger partial charge in [-0.3, -0.25) is 4.98 Å². The number of hydrogen-bond donors (Lipinski definition) is 2. The van der Waals surface area contributed by atoms with Crippen LogP contribution in [0, 0.1) is 0 Å². The van der Waals surface area contributed by atoms with Crippen LogP contribution in [0.2, 0.25) is 0 Å². The normalized spacial score (nSPS) is 18.4. The molecule has 2 N–H and O–H groups in total. The predicted octanol–water partition coefficient (Wildman–Crippen LogP) is 3.58. The Morgan fingerprint density at radius 1 is 1.14 bits per heavy atom. The number of hydrogen-bond acceptors (Lipinski definition) is 6. The molecule has 0 radical (unpaired) electrons. The number of aromatic nitrogens is 6. The number of aromatic amines is 1. The summed E-state index contributed by atoms with van der Waals surface area (Å²) in [5.41, 5.74) is 4.10. The number of aryl methyl sites for hydroxylation is 1. The highest BCUT2D eigenvalue weighted by atomic mass is 32.1. The number of H-pyrrole nitrogens is 1. The number of rotatable bonds is 3. The van der Waals surface area contributed by atoms with E-state index >= 15 is 0 Å². The lowest BCUT2D eigenvalue weighted by molar-refractivity contribution is 0.0786. The smallest absolute Gasteiger partial charge is 0.156 e. The van der Waals surface area contributed by atoms with Gasteiger partial charge in [0.05, 0.1) is 5.69 Å². The molecule has 0 fully saturated rings. The van der Waals surface area contributed by atoms with Crippen molar-refractivity contribution in [1.29, 1.82) is 0 Å². The first-order chi connectivity index (χ1) is 14.2. The fraction of sp³-hybridized carbons (Fsp3) is 0.143. The molecule has 29 heavy (non-hydrogen) atoms. The quantitative estimate of drug-likeness (QED) is 0.483. The summed E-state index contributed by atoms with van der Waals surface area (Å²) in [7, 11) is 0. The molecule has 0 aliphatic carbocycles. The molecule has 7 nitrogen and oxygen atoms in total. The van der Waals surface area contributed by atoms with Crippen LogP contribution in [0.4, 0.5) is 0 Å². The van der Waals surface area contributed by atoms with Crippen molar-refractivity contribution in [3.8, 4) is 21.8 Å². The van der Waals surface area contributed by atoms with Crippen LogP contribution in [0.5, 0.6) is 0 Å². The monoisotopic (exact) mass is 400 g/mol. The third-order valence-electron chi connectivity index (χ3n) is 5.47. The maximum Gasteiger partial charge on any atom is 0.156 e. The topological polar surface area (TPSA) is 92.5 Å². The van der Waals surface area contributed by atoms with Gasteiger partial charge in [0.25, 0.3) is 0 Å². The van der Waals surface area contributed by atoms with Gasteiger partial charge in [-0.05, 0) is 11.6 Å². The van der Waals surface area contributed by atoms with E-state index in [2.05, 4.69) is 19.9 Å². The zero-order valence-corrected chi connectivity index (χ0v) is 16.1. The zero-order valence-electron chi connectivity index (χ0n) is 15.3. The highest BCUT2D eigenvalue weighted by Gasteiger charge is 2.40. The molecular formula is C21H16N6OS. The highest BCUT2D eigenvalue weighted by molar-refractivity contribution is 7.13. The second kappa shape index (κ2) is 6.07. The molecule has 1 atom stereocenters. The lowest BCUT2D eigenvalue weighted by Crippen LogP contribution is -2.25. The molecule has 0 saturated heterocycles. The van der Waals surface area contributed by atoms with Gasteiger partial charge < -0.3 is 14.7 Å². The van der Waals surface area contributed by atoms with E-state index in [1.54, 1.807) is 29.9 Å². The fourth-order valence-corrected chi connectivity index (χ4v) is 4.82. The largest absolute Gasteiger partial charge is 0.377 e. The second-order valence-corrected chi connectivity index (χ2v) is 7.99. The lowest BCUT2D eigenvalue weighted by atomic mass is 9.90. The highest BCUT2D eigenvalue weighted by Crippen LogP contribution is 2.39. The molecule has 0 amide bonds. The first-order valence-electron chi connectivity index (χ1n) is 9.31. The van der Waals surface area contributed by atoms with E-state index in [-0.39, 0.29) is 0 Å². The molecule has 0 bridgehead atoms. The SMILES string of the molecule is O[C@@]1(c2cccc(-c3nc(-c4c[nH]c5nccnc45)cs3)c2)CCn2ccnc21. The van der Waals surface area contributed by atoms with Crippen molar-refractivity contribution in [1.82, 2.24) is 29.5 Å². The summed E-state index contributed by atoms with van der Waals surface area (Å²) in [4.78, 5) is 21.1. The Morgan fingerprint density at radius 2 is 2.07 bits per heavy atom. The number of nitrogens with zero attached hydrogens (tertiary/aromatic N) is 5. The van der Waals surface area contributed by atoms with Crippen molar-refractivity contribution in [3.63, 3.8) is 0 Å². The summed E-state index contributed by atoms with van der Waals surface area (Å²) in [6, 6.07) is 7.96. The van der Waals surface area contributed by atoms with E-state index in [9.17, 15) is 5.11 Å². The molecule has 142 valence electrons. The molecule has 1 aromatic carbocycles. The summed E-state index contributed by atoms with van der Waals surface area (Å²) in [5, 5.41) is 14.2. The average Bonchev–Trinajstić information content (AvgIpc) is 3.53. The van der Waals surface area contributed by atoms with E-state index < -0.39 is 5.60 Å². The molecule has 1 aliphatic rings. The van der Waals surface area contributed by atoms with Crippen molar-refractivity contribution >= 4 is 22.5 Å². The standard InChI is InChI=1S/C21H16N6OS/c28-21(4-8-27-9-7-24-20(21)27)14-3-1-2-13(10-14)19-26-16(12-29-19)15-11-25-18-17(15)22-5-6-23-18/h1-3,5-7,9-12,28H,4,8H2,(H,23,25)/t21-/m1/s1. The van der Waals surface area contributed by atoms with Gasteiger partial charge in [-0.1, -0.05) is 18.2 Å². The van der Waals surface area contributed by atoms with Crippen molar-refractivity contribution in [2.24, 2.45) is 0 Å².